The maximum absolute atomic E-state index is 12.4. The van der Waals surface area contributed by atoms with Gasteiger partial charge in [0.15, 0.2) is 0 Å². The van der Waals surface area contributed by atoms with Crippen molar-refractivity contribution in [2.45, 2.75) is 20.0 Å². The first-order valence-electron chi connectivity index (χ1n) is 5.02. The van der Waals surface area contributed by atoms with E-state index in [-0.39, 0.29) is 6.54 Å². The van der Waals surface area contributed by atoms with Crippen molar-refractivity contribution < 1.29 is 13.2 Å². The summed E-state index contributed by atoms with van der Waals surface area (Å²) in [7, 11) is 0. The Kier molecular flexibility index (Phi) is 3.67. The first-order chi connectivity index (χ1) is 7.35. The molecule has 1 aromatic carbocycles. The molecule has 0 aliphatic rings. The molecule has 5 heteroatoms. The second-order valence-corrected chi connectivity index (χ2v) is 3.64. The zero-order chi connectivity index (χ0) is 12.3. The highest BCUT2D eigenvalue weighted by Crippen LogP contribution is 2.29. The minimum absolute atomic E-state index is 0.272. The first-order valence-corrected chi connectivity index (χ1v) is 5.02. The SMILES string of the molecule is CCN(CC(F)(F)F)c1c(C)cccc1N. The number of nitrogen functional groups attached to an aromatic ring is 1. The fourth-order valence-corrected chi connectivity index (χ4v) is 1.68. The average molecular weight is 232 g/mol. The van der Waals surface area contributed by atoms with Crippen LogP contribution in [0.1, 0.15) is 12.5 Å². The van der Waals surface area contributed by atoms with Gasteiger partial charge in [0.1, 0.15) is 6.54 Å². The van der Waals surface area contributed by atoms with Crippen molar-refractivity contribution in [1.82, 2.24) is 0 Å². The second-order valence-electron chi connectivity index (χ2n) is 3.64. The summed E-state index contributed by atoms with van der Waals surface area (Å²) in [5.41, 5.74) is 7.32. The van der Waals surface area contributed by atoms with E-state index in [1.807, 2.05) is 0 Å². The molecule has 16 heavy (non-hydrogen) atoms. The van der Waals surface area contributed by atoms with Crippen LogP contribution in [0.15, 0.2) is 18.2 Å². The maximum Gasteiger partial charge on any atom is 0.405 e. The third-order valence-electron chi connectivity index (χ3n) is 2.34. The first kappa shape index (κ1) is 12.7. The van der Waals surface area contributed by atoms with E-state index in [0.29, 0.717) is 11.4 Å². The smallest absolute Gasteiger partial charge is 0.397 e. The van der Waals surface area contributed by atoms with Gasteiger partial charge in [-0.25, -0.2) is 0 Å². The van der Waals surface area contributed by atoms with Gasteiger partial charge in [-0.2, -0.15) is 13.2 Å². The molecule has 0 saturated carbocycles. The largest absolute Gasteiger partial charge is 0.405 e. The Morgan fingerprint density at radius 2 is 1.94 bits per heavy atom. The van der Waals surface area contributed by atoms with Gasteiger partial charge in [-0.15, -0.1) is 0 Å². The van der Waals surface area contributed by atoms with Gasteiger partial charge >= 0.3 is 6.18 Å². The molecule has 1 aromatic rings. The quantitative estimate of drug-likeness (QED) is 0.812. The summed E-state index contributed by atoms with van der Waals surface area (Å²) in [5, 5.41) is 0. The van der Waals surface area contributed by atoms with Crippen LogP contribution in [0.3, 0.4) is 0 Å². The molecule has 0 fully saturated rings. The molecule has 0 aromatic heterocycles. The third kappa shape index (κ3) is 3.05. The van der Waals surface area contributed by atoms with E-state index in [1.165, 1.54) is 4.90 Å². The minimum Gasteiger partial charge on any atom is -0.397 e. The van der Waals surface area contributed by atoms with Crippen LogP contribution in [0.4, 0.5) is 24.5 Å². The Morgan fingerprint density at radius 3 is 2.38 bits per heavy atom. The third-order valence-corrected chi connectivity index (χ3v) is 2.34. The van der Waals surface area contributed by atoms with Crippen LogP contribution in [0.5, 0.6) is 0 Å². The number of hydrogen-bond donors (Lipinski definition) is 1. The van der Waals surface area contributed by atoms with Crippen molar-refractivity contribution in [2.24, 2.45) is 0 Å². The van der Waals surface area contributed by atoms with Gasteiger partial charge in [-0.3, -0.25) is 0 Å². The number of halogens is 3. The predicted octanol–water partition coefficient (Wildman–Crippen LogP) is 2.97. The van der Waals surface area contributed by atoms with Crippen LogP contribution in [-0.4, -0.2) is 19.3 Å². The Morgan fingerprint density at radius 1 is 1.31 bits per heavy atom. The molecule has 0 aliphatic heterocycles. The van der Waals surface area contributed by atoms with Crippen LogP contribution in [0.2, 0.25) is 0 Å². The Labute approximate surface area is 92.9 Å². The van der Waals surface area contributed by atoms with Gasteiger partial charge in [0.25, 0.3) is 0 Å². The summed E-state index contributed by atoms with van der Waals surface area (Å²) in [6.45, 7) is 2.73. The lowest BCUT2D eigenvalue weighted by Crippen LogP contribution is -2.35. The number of para-hydroxylation sites is 1. The van der Waals surface area contributed by atoms with E-state index in [0.717, 1.165) is 5.56 Å². The van der Waals surface area contributed by atoms with Crippen LogP contribution in [0, 0.1) is 6.92 Å². The standard InChI is InChI=1S/C11H15F3N2/c1-3-16(7-11(12,13)14)10-8(2)5-4-6-9(10)15/h4-6H,3,7,15H2,1-2H3. The summed E-state index contributed by atoms with van der Waals surface area (Å²) in [4.78, 5) is 1.24. The molecule has 0 heterocycles. The highest BCUT2D eigenvalue weighted by Gasteiger charge is 2.31. The van der Waals surface area contributed by atoms with Gasteiger partial charge in [0, 0.05) is 6.54 Å². The molecular formula is C11H15F3N2. The summed E-state index contributed by atoms with van der Waals surface area (Å²) < 4.78 is 37.1. The molecule has 0 radical (unpaired) electrons. The molecular weight excluding hydrogens is 217 g/mol. The molecule has 0 bridgehead atoms. The number of alkyl halides is 3. The van der Waals surface area contributed by atoms with Gasteiger partial charge in [-0.1, -0.05) is 12.1 Å². The molecule has 0 saturated heterocycles. The molecule has 2 nitrogen and oxygen atoms in total. The van der Waals surface area contributed by atoms with Gasteiger partial charge in [0.05, 0.1) is 11.4 Å². The molecule has 0 spiro atoms. The summed E-state index contributed by atoms with van der Waals surface area (Å²) in [6.07, 6.45) is -4.22. The Hall–Kier alpha value is -1.39. The minimum atomic E-state index is -4.22. The molecule has 0 aliphatic carbocycles. The van der Waals surface area contributed by atoms with Crippen LogP contribution in [-0.2, 0) is 0 Å². The van der Waals surface area contributed by atoms with Crippen molar-refractivity contribution in [3.8, 4) is 0 Å². The lowest BCUT2D eigenvalue weighted by atomic mass is 10.1. The van der Waals surface area contributed by atoms with Crippen molar-refractivity contribution >= 4 is 11.4 Å². The van der Waals surface area contributed by atoms with Crippen LogP contribution in [0.25, 0.3) is 0 Å². The average Bonchev–Trinajstić information content (AvgIpc) is 2.14. The van der Waals surface area contributed by atoms with Crippen LogP contribution < -0.4 is 10.6 Å². The van der Waals surface area contributed by atoms with E-state index < -0.39 is 12.7 Å². The van der Waals surface area contributed by atoms with E-state index in [4.69, 9.17) is 5.73 Å². The monoisotopic (exact) mass is 232 g/mol. The molecule has 0 amide bonds. The predicted molar refractivity (Wildman–Crippen MR) is 59.5 cm³/mol. The molecule has 90 valence electrons. The zero-order valence-electron chi connectivity index (χ0n) is 9.30. The molecule has 2 N–H and O–H groups in total. The lowest BCUT2D eigenvalue weighted by Gasteiger charge is -2.27. The summed E-state index contributed by atoms with van der Waals surface area (Å²) >= 11 is 0. The number of nitrogens with zero attached hydrogens (tertiary/aromatic N) is 1. The molecule has 1 rings (SSSR count). The van der Waals surface area contributed by atoms with E-state index in [2.05, 4.69) is 0 Å². The van der Waals surface area contributed by atoms with E-state index in [9.17, 15) is 13.2 Å². The summed E-state index contributed by atoms with van der Waals surface area (Å²) in [5.74, 6) is 0. The van der Waals surface area contributed by atoms with Crippen molar-refractivity contribution in [2.75, 3.05) is 23.7 Å². The normalized spacial score (nSPS) is 11.6. The molecule has 0 unspecified atom stereocenters. The van der Waals surface area contributed by atoms with Crippen molar-refractivity contribution in [1.29, 1.82) is 0 Å². The number of hydrogen-bond acceptors (Lipinski definition) is 2. The Balaban J connectivity index is 3.04. The number of rotatable bonds is 3. The zero-order valence-corrected chi connectivity index (χ0v) is 9.30. The Bertz CT molecular complexity index is 340. The van der Waals surface area contributed by atoms with E-state index in [1.54, 1.807) is 32.0 Å². The number of nitrogens with two attached hydrogens (primary N) is 1. The van der Waals surface area contributed by atoms with Crippen molar-refractivity contribution in [3.05, 3.63) is 23.8 Å². The summed E-state index contributed by atoms with van der Waals surface area (Å²) in [6, 6.07) is 5.10. The fraction of sp³-hybridized carbons (Fsp3) is 0.455. The number of benzene rings is 1. The van der Waals surface area contributed by atoms with E-state index >= 15 is 0 Å². The highest BCUT2D eigenvalue weighted by atomic mass is 19.4. The molecule has 0 atom stereocenters. The van der Waals surface area contributed by atoms with Crippen molar-refractivity contribution in [3.63, 3.8) is 0 Å². The maximum atomic E-state index is 12.4. The van der Waals surface area contributed by atoms with Gasteiger partial charge in [-0.05, 0) is 25.5 Å². The van der Waals surface area contributed by atoms with Crippen LogP contribution >= 0.6 is 0 Å². The number of anilines is 2. The second kappa shape index (κ2) is 4.63. The topological polar surface area (TPSA) is 29.3 Å². The lowest BCUT2D eigenvalue weighted by molar-refractivity contribution is -0.119. The highest BCUT2D eigenvalue weighted by molar-refractivity contribution is 5.71. The van der Waals surface area contributed by atoms with Gasteiger partial charge < -0.3 is 10.6 Å². The van der Waals surface area contributed by atoms with Gasteiger partial charge in [0.2, 0.25) is 0 Å². The fourth-order valence-electron chi connectivity index (χ4n) is 1.68. The number of aryl methyl sites for hydroxylation is 1.